The molecule has 3 unspecified atom stereocenters. The van der Waals surface area contributed by atoms with Crippen molar-refractivity contribution in [2.45, 2.75) is 44.3 Å². The van der Waals surface area contributed by atoms with E-state index in [1.807, 2.05) is 25.1 Å². The Balaban J connectivity index is 1.61. The zero-order valence-corrected chi connectivity index (χ0v) is 10.7. The number of carbonyl (C=O) groups excluding carboxylic acids is 1. The van der Waals surface area contributed by atoms with Crippen molar-refractivity contribution < 1.29 is 4.79 Å². The summed E-state index contributed by atoms with van der Waals surface area (Å²) in [6, 6.07) is 11.2. The fraction of sp³-hybridized carbons (Fsp3) is 0.533. The number of carbonyl (C=O) groups is 1. The van der Waals surface area contributed by atoms with Crippen LogP contribution < -0.4 is 10.6 Å². The Hall–Kier alpha value is -1.35. The van der Waals surface area contributed by atoms with Gasteiger partial charge in [0.15, 0.2) is 0 Å². The first kappa shape index (κ1) is 11.7. The van der Waals surface area contributed by atoms with Gasteiger partial charge in [-0.05, 0) is 31.7 Å². The molecule has 2 N–H and O–H groups in total. The van der Waals surface area contributed by atoms with Gasteiger partial charge in [-0.15, -0.1) is 0 Å². The van der Waals surface area contributed by atoms with Gasteiger partial charge >= 0.3 is 0 Å². The largest absolute Gasteiger partial charge is 0.349 e. The molecule has 3 rings (SSSR count). The second-order valence-corrected chi connectivity index (χ2v) is 5.53. The molecule has 0 radical (unpaired) electrons. The smallest absolute Gasteiger partial charge is 0.225 e. The van der Waals surface area contributed by atoms with Gasteiger partial charge in [-0.25, -0.2) is 0 Å². The van der Waals surface area contributed by atoms with E-state index < -0.39 is 0 Å². The van der Waals surface area contributed by atoms with Crippen LogP contribution in [0.3, 0.4) is 0 Å². The summed E-state index contributed by atoms with van der Waals surface area (Å²) in [6.07, 6.45) is 3.41. The van der Waals surface area contributed by atoms with Crippen LogP contribution in [0.5, 0.6) is 0 Å². The zero-order valence-electron chi connectivity index (χ0n) is 10.7. The number of benzene rings is 1. The van der Waals surface area contributed by atoms with Crippen molar-refractivity contribution in [2.24, 2.45) is 5.92 Å². The molecule has 0 aromatic heterocycles. The fourth-order valence-corrected chi connectivity index (χ4v) is 3.26. The Kier molecular flexibility index (Phi) is 3.08. The number of rotatable bonds is 3. The molecular weight excluding hydrogens is 224 g/mol. The second kappa shape index (κ2) is 4.73. The van der Waals surface area contributed by atoms with Crippen LogP contribution in [0.2, 0.25) is 0 Å². The minimum absolute atomic E-state index is 0.0952. The molecule has 1 aromatic carbocycles. The maximum absolute atomic E-state index is 12.3. The molecule has 96 valence electrons. The summed E-state index contributed by atoms with van der Waals surface area (Å²) in [6.45, 7) is 2.05. The molecule has 0 spiro atoms. The number of amides is 1. The molecule has 0 saturated carbocycles. The SMILES string of the molecule is C[C@@H](NC(=O)C1CC2CCC1N2)c1ccccc1. The van der Waals surface area contributed by atoms with Crippen LogP contribution in [0.15, 0.2) is 30.3 Å². The molecule has 2 fully saturated rings. The Morgan fingerprint density at radius 3 is 2.72 bits per heavy atom. The van der Waals surface area contributed by atoms with Crippen molar-refractivity contribution in [3.8, 4) is 0 Å². The molecule has 18 heavy (non-hydrogen) atoms. The van der Waals surface area contributed by atoms with Gasteiger partial charge in [0.1, 0.15) is 0 Å². The van der Waals surface area contributed by atoms with Crippen molar-refractivity contribution in [3.05, 3.63) is 35.9 Å². The summed E-state index contributed by atoms with van der Waals surface area (Å²) >= 11 is 0. The van der Waals surface area contributed by atoms with Gasteiger partial charge in [-0.1, -0.05) is 30.3 Å². The second-order valence-electron chi connectivity index (χ2n) is 5.53. The standard InChI is InChI=1S/C15H20N2O/c1-10(11-5-3-2-4-6-11)16-15(18)13-9-12-7-8-14(13)17-12/h2-6,10,12-14,17H,7-9H2,1H3,(H,16,18)/t10-,12?,13?,14?/m1/s1. The third kappa shape index (κ3) is 2.15. The average Bonchev–Trinajstić information content (AvgIpc) is 3.02. The first-order valence-corrected chi connectivity index (χ1v) is 6.85. The first-order chi connectivity index (χ1) is 8.74. The van der Waals surface area contributed by atoms with Crippen LogP contribution in [0.4, 0.5) is 0 Å². The van der Waals surface area contributed by atoms with Gasteiger partial charge in [-0.3, -0.25) is 4.79 Å². The fourth-order valence-electron chi connectivity index (χ4n) is 3.26. The third-order valence-electron chi connectivity index (χ3n) is 4.30. The lowest BCUT2D eigenvalue weighted by Crippen LogP contribution is -2.38. The number of fused-ring (bicyclic) bond motifs is 2. The van der Waals surface area contributed by atoms with Crippen LogP contribution in [0, 0.1) is 5.92 Å². The minimum Gasteiger partial charge on any atom is -0.349 e. The van der Waals surface area contributed by atoms with Crippen LogP contribution in [0.25, 0.3) is 0 Å². The van der Waals surface area contributed by atoms with E-state index in [-0.39, 0.29) is 17.9 Å². The topological polar surface area (TPSA) is 41.1 Å². The van der Waals surface area contributed by atoms with Crippen molar-refractivity contribution in [1.29, 1.82) is 0 Å². The first-order valence-electron chi connectivity index (χ1n) is 6.85. The molecule has 2 saturated heterocycles. The Labute approximate surface area is 108 Å². The lowest BCUT2D eigenvalue weighted by Gasteiger charge is -2.22. The summed E-state index contributed by atoms with van der Waals surface area (Å²) in [4.78, 5) is 12.3. The van der Waals surface area contributed by atoms with E-state index >= 15 is 0 Å². The van der Waals surface area contributed by atoms with E-state index in [0.29, 0.717) is 12.1 Å². The van der Waals surface area contributed by atoms with Crippen LogP contribution in [-0.2, 0) is 4.79 Å². The predicted octanol–water partition coefficient (Wildman–Crippen LogP) is 2.00. The minimum atomic E-state index is 0.0952. The lowest BCUT2D eigenvalue weighted by atomic mass is 9.88. The monoisotopic (exact) mass is 244 g/mol. The van der Waals surface area contributed by atoms with Crippen molar-refractivity contribution >= 4 is 5.91 Å². The summed E-state index contributed by atoms with van der Waals surface area (Å²) in [7, 11) is 0. The quantitative estimate of drug-likeness (QED) is 0.854. The molecular formula is C15H20N2O. The van der Waals surface area contributed by atoms with E-state index in [9.17, 15) is 4.79 Å². The van der Waals surface area contributed by atoms with Gasteiger partial charge < -0.3 is 10.6 Å². The predicted molar refractivity (Wildman–Crippen MR) is 71.1 cm³/mol. The highest BCUT2D eigenvalue weighted by Crippen LogP contribution is 2.33. The number of hydrogen-bond acceptors (Lipinski definition) is 2. The highest BCUT2D eigenvalue weighted by Gasteiger charge is 2.42. The van der Waals surface area contributed by atoms with Gasteiger partial charge in [0.05, 0.1) is 12.0 Å². The third-order valence-corrected chi connectivity index (χ3v) is 4.30. The van der Waals surface area contributed by atoms with Crippen LogP contribution >= 0.6 is 0 Å². The number of nitrogens with one attached hydrogen (secondary N) is 2. The Morgan fingerprint density at radius 1 is 1.33 bits per heavy atom. The van der Waals surface area contributed by atoms with Gasteiger partial charge in [0.25, 0.3) is 0 Å². The summed E-state index contributed by atoms with van der Waals surface area (Å²) in [5.74, 6) is 0.390. The average molecular weight is 244 g/mol. The van der Waals surface area contributed by atoms with Gasteiger partial charge in [0, 0.05) is 12.1 Å². The molecule has 3 nitrogen and oxygen atoms in total. The Morgan fingerprint density at radius 2 is 2.11 bits per heavy atom. The van der Waals surface area contributed by atoms with Gasteiger partial charge in [0.2, 0.25) is 5.91 Å². The molecule has 4 atom stereocenters. The summed E-state index contributed by atoms with van der Waals surface area (Å²) in [5.41, 5.74) is 1.17. The molecule has 2 heterocycles. The highest BCUT2D eigenvalue weighted by molar-refractivity contribution is 5.80. The molecule has 1 aromatic rings. The molecule has 3 heteroatoms. The Bertz CT molecular complexity index is 431. The number of hydrogen-bond donors (Lipinski definition) is 2. The maximum Gasteiger partial charge on any atom is 0.225 e. The van der Waals surface area contributed by atoms with Gasteiger partial charge in [-0.2, -0.15) is 0 Å². The maximum atomic E-state index is 12.3. The van der Waals surface area contributed by atoms with Crippen molar-refractivity contribution in [3.63, 3.8) is 0 Å². The zero-order chi connectivity index (χ0) is 12.5. The lowest BCUT2D eigenvalue weighted by molar-refractivity contribution is -0.126. The highest BCUT2D eigenvalue weighted by atomic mass is 16.2. The van der Waals surface area contributed by atoms with Crippen molar-refractivity contribution in [2.75, 3.05) is 0 Å². The molecule has 2 bridgehead atoms. The molecule has 2 aliphatic heterocycles. The summed E-state index contributed by atoms with van der Waals surface area (Å²) < 4.78 is 0. The van der Waals surface area contributed by atoms with E-state index in [0.717, 1.165) is 12.8 Å². The van der Waals surface area contributed by atoms with Crippen LogP contribution in [-0.4, -0.2) is 18.0 Å². The van der Waals surface area contributed by atoms with E-state index in [4.69, 9.17) is 0 Å². The van der Waals surface area contributed by atoms with E-state index in [1.54, 1.807) is 0 Å². The summed E-state index contributed by atoms with van der Waals surface area (Å²) in [5, 5.41) is 6.65. The molecule has 0 aliphatic carbocycles. The molecule has 1 amide bonds. The normalized spacial score (nSPS) is 31.3. The molecule has 2 aliphatic rings. The van der Waals surface area contributed by atoms with E-state index in [2.05, 4.69) is 22.8 Å². The van der Waals surface area contributed by atoms with E-state index in [1.165, 1.54) is 12.0 Å². The van der Waals surface area contributed by atoms with Crippen molar-refractivity contribution in [1.82, 2.24) is 10.6 Å². The van der Waals surface area contributed by atoms with Crippen LogP contribution in [0.1, 0.15) is 37.8 Å².